The van der Waals surface area contributed by atoms with E-state index in [4.69, 9.17) is 27.9 Å². The fourth-order valence-corrected chi connectivity index (χ4v) is 3.38. The molecule has 7 heteroatoms. The van der Waals surface area contributed by atoms with Crippen molar-refractivity contribution in [3.63, 3.8) is 0 Å². The second-order valence-corrected chi connectivity index (χ2v) is 8.05. The molecule has 0 heterocycles. The van der Waals surface area contributed by atoms with Crippen molar-refractivity contribution in [1.29, 1.82) is 0 Å². The molecule has 0 radical (unpaired) electrons. The lowest BCUT2D eigenvalue weighted by atomic mass is 10.1. The zero-order valence-electron chi connectivity index (χ0n) is 17.8. The maximum Gasteiger partial charge on any atom is 0.261 e. The highest BCUT2D eigenvalue weighted by Gasteiger charge is 2.27. The number of carbonyl (C=O) groups excluding carboxylic acids is 2. The van der Waals surface area contributed by atoms with Crippen LogP contribution in [0.2, 0.25) is 10.0 Å². The lowest BCUT2D eigenvalue weighted by Gasteiger charge is -2.29. The van der Waals surface area contributed by atoms with Crippen LogP contribution in [-0.2, 0) is 16.1 Å². The Balaban J connectivity index is 2.21. The molecule has 0 aliphatic heterocycles. The summed E-state index contributed by atoms with van der Waals surface area (Å²) in [5.74, 6) is 0.124. The minimum Gasteiger partial charge on any atom is -0.483 e. The Morgan fingerprint density at radius 3 is 2.57 bits per heavy atom. The monoisotopic (exact) mass is 450 g/mol. The first kappa shape index (κ1) is 24.0. The van der Waals surface area contributed by atoms with E-state index in [1.54, 1.807) is 25.1 Å². The third kappa shape index (κ3) is 6.38. The molecule has 0 fully saturated rings. The van der Waals surface area contributed by atoms with Crippen LogP contribution in [0.4, 0.5) is 0 Å². The number of carbonyl (C=O) groups is 2. The number of halogens is 2. The number of benzene rings is 2. The van der Waals surface area contributed by atoms with Crippen LogP contribution in [0.15, 0.2) is 36.4 Å². The molecule has 0 spiro atoms. The lowest BCUT2D eigenvalue weighted by molar-refractivity contribution is -0.142. The quantitative estimate of drug-likeness (QED) is 0.588. The number of nitrogens with one attached hydrogen (secondary N) is 1. The minimum absolute atomic E-state index is 0.172. The van der Waals surface area contributed by atoms with Crippen molar-refractivity contribution in [2.45, 2.75) is 46.7 Å². The summed E-state index contributed by atoms with van der Waals surface area (Å²) in [6.45, 7) is 8.14. The first-order chi connectivity index (χ1) is 14.2. The molecule has 0 aliphatic rings. The SMILES string of the molecule is CCCNC(=O)[C@@H](C)N(Cc1ccc(Cl)cc1Cl)C(=O)COc1cccc(C)c1C. The molecular formula is C23H28Cl2N2O3. The van der Waals surface area contributed by atoms with Crippen LogP contribution < -0.4 is 10.1 Å². The molecule has 0 unspecified atom stereocenters. The van der Waals surface area contributed by atoms with E-state index < -0.39 is 6.04 Å². The number of amides is 2. The number of hydrogen-bond donors (Lipinski definition) is 1. The maximum absolute atomic E-state index is 13.1. The highest BCUT2D eigenvalue weighted by atomic mass is 35.5. The van der Waals surface area contributed by atoms with Gasteiger partial charge in [-0.1, -0.05) is 48.3 Å². The van der Waals surface area contributed by atoms with Gasteiger partial charge in [0.05, 0.1) is 0 Å². The van der Waals surface area contributed by atoms with Gasteiger partial charge in [0.15, 0.2) is 6.61 Å². The van der Waals surface area contributed by atoms with Gasteiger partial charge < -0.3 is 15.0 Å². The molecule has 0 saturated carbocycles. The molecule has 0 bridgehead atoms. The van der Waals surface area contributed by atoms with Gasteiger partial charge in [-0.05, 0) is 62.1 Å². The summed E-state index contributed by atoms with van der Waals surface area (Å²) in [5.41, 5.74) is 2.76. The van der Waals surface area contributed by atoms with Crippen molar-refractivity contribution < 1.29 is 14.3 Å². The van der Waals surface area contributed by atoms with Crippen LogP contribution in [-0.4, -0.2) is 35.9 Å². The zero-order chi connectivity index (χ0) is 22.3. The van der Waals surface area contributed by atoms with E-state index in [2.05, 4.69) is 5.32 Å². The average molecular weight is 451 g/mol. The Morgan fingerprint density at radius 2 is 1.90 bits per heavy atom. The molecule has 1 atom stereocenters. The van der Waals surface area contributed by atoms with Crippen molar-refractivity contribution in [3.8, 4) is 5.75 Å². The highest BCUT2D eigenvalue weighted by molar-refractivity contribution is 6.35. The molecular weight excluding hydrogens is 423 g/mol. The molecule has 0 aliphatic carbocycles. The van der Waals surface area contributed by atoms with E-state index in [1.165, 1.54) is 4.90 Å². The smallest absolute Gasteiger partial charge is 0.261 e. The molecule has 2 rings (SSSR count). The molecule has 2 aromatic carbocycles. The standard InChI is InChI=1S/C23H28Cl2N2O3/c1-5-11-26-23(29)17(4)27(13-18-9-10-19(24)12-20(18)25)22(28)14-30-21-8-6-7-15(2)16(21)3/h6-10,12,17H,5,11,13-14H2,1-4H3,(H,26,29)/t17-/m1/s1. The Kier molecular flexibility index (Phi) is 9.00. The van der Waals surface area contributed by atoms with Crippen molar-refractivity contribution >= 4 is 35.0 Å². The molecule has 30 heavy (non-hydrogen) atoms. The predicted octanol–water partition coefficient (Wildman–Crippen LogP) is 4.93. The summed E-state index contributed by atoms with van der Waals surface area (Å²) < 4.78 is 5.78. The van der Waals surface area contributed by atoms with Crippen LogP contribution in [0.1, 0.15) is 37.0 Å². The Hall–Kier alpha value is -2.24. The van der Waals surface area contributed by atoms with E-state index in [-0.39, 0.29) is 25.0 Å². The summed E-state index contributed by atoms with van der Waals surface area (Å²) in [6.07, 6.45) is 0.811. The Morgan fingerprint density at radius 1 is 1.17 bits per heavy atom. The maximum atomic E-state index is 13.1. The number of ether oxygens (including phenoxy) is 1. The lowest BCUT2D eigenvalue weighted by Crippen LogP contribution is -2.49. The third-order valence-corrected chi connectivity index (χ3v) is 5.57. The number of nitrogens with zero attached hydrogens (tertiary/aromatic N) is 1. The summed E-state index contributed by atoms with van der Waals surface area (Å²) >= 11 is 12.3. The van der Waals surface area contributed by atoms with Gasteiger partial charge in [0.1, 0.15) is 11.8 Å². The van der Waals surface area contributed by atoms with E-state index in [0.29, 0.717) is 27.9 Å². The van der Waals surface area contributed by atoms with Gasteiger partial charge in [0, 0.05) is 23.1 Å². The first-order valence-electron chi connectivity index (χ1n) is 9.94. The van der Waals surface area contributed by atoms with Gasteiger partial charge in [-0.3, -0.25) is 9.59 Å². The summed E-state index contributed by atoms with van der Waals surface area (Å²) in [7, 11) is 0. The van der Waals surface area contributed by atoms with Crippen LogP contribution in [0.25, 0.3) is 0 Å². The molecule has 2 amide bonds. The zero-order valence-corrected chi connectivity index (χ0v) is 19.3. The van der Waals surface area contributed by atoms with E-state index in [1.807, 2.05) is 39.0 Å². The van der Waals surface area contributed by atoms with Crippen LogP contribution in [0, 0.1) is 13.8 Å². The second kappa shape index (κ2) is 11.2. The summed E-state index contributed by atoms with van der Waals surface area (Å²) in [6, 6.07) is 10.1. The van der Waals surface area contributed by atoms with Gasteiger partial charge >= 0.3 is 0 Å². The fourth-order valence-electron chi connectivity index (χ4n) is 2.91. The first-order valence-corrected chi connectivity index (χ1v) is 10.7. The third-order valence-electron chi connectivity index (χ3n) is 4.98. The van der Waals surface area contributed by atoms with Crippen molar-refractivity contribution in [1.82, 2.24) is 10.2 Å². The van der Waals surface area contributed by atoms with Crippen molar-refractivity contribution in [2.24, 2.45) is 0 Å². The van der Waals surface area contributed by atoms with E-state index in [9.17, 15) is 9.59 Å². The molecule has 0 saturated heterocycles. The molecule has 2 aromatic rings. The fraction of sp³-hybridized carbons (Fsp3) is 0.391. The van der Waals surface area contributed by atoms with E-state index >= 15 is 0 Å². The Labute approximate surface area is 188 Å². The normalized spacial score (nSPS) is 11.7. The molecule has 0 aromatic heterocycles. The largest absolute Gasteiger partial charge is 0.483 e. The van der Waals surface area contributed by atoms with Gasteiger partial charge in [-0.2, -0.15) is 0 Å². The van der Waals surface area contributed by atoms with E-state index in [0.717, 1.165) is 17.5 Å². The van der Waals surface area contributed by atoms with Crippen LogP contribution >= 0.6 is 23.2 Å². The van der Waals surface area contributed by atoms with Crippen LogP contribution in [0.3, 0.4) is 0 Å². The van der Waals surface area contributed by atoms with Gasteiger partial charge in [0.25, 0.3) is 5.91 Å². The van der Waals surface area contributed by atoms with Gasteiger partial charge in [-0.25, -0.2) is 0 Å². The number of rotatable bonds is 9. The second-order valence-electron chi connectivity index (χ2n) is 7.21. The topological polar surface area (TPSA) is 58.6 Å². The van der Waals surface area contributed by atoms with Crippen molar-refractivity contribution in [2.75, 3.05) is 13.2 Å². The van der Waals surface area contributed by atoms with Gasteiger partial charge in [-0.15, -0.1) is 0 Å². The number of aryl methyl sites for hydroxylation is 1. The molecule has 5 nitrogen and oxygen atoms in total. The summed E-state index contributed by atoms with van der Waals surface area (Å²) in [5, 5.41) is 3.79. The molecule has 1 N–H and O–H groups in total. The van der Waals surface area contributed by atoms with Gasteiger partial charge in [0.2, 0.25) is 5.91 Å². The minimum atomic E-state index is -0.682. The summed E-state index contributed by atoms with van der Waals surface area (Å²) in [4.78, 5) is 27.1. The Bertz CT molecular complexity index is 902. The average Bonchev–Trinajstić information content (AvgIpc) is 2.71. The van der Waals surface area contributed by atoms with Crippen molar-refractivity contribution in [3.05, 3.63) is 63.1 Å². The predicted molar refractivity (Wildman–Crippen MR) is 121 cm³/mol. The highest BCUT2D eigenvalue weighted by Crippen LogP contribution is 2.24. The van der Waals surface area contributed by atoms with Crippen LogP contribution in [0.5, 0.6) is 5.75 Å². The number of hydrogen-bond acceptors (Lipinski definition) is 3. The molecule has 162 valence electrons.